The first-order valence-corrected chi connectivity index (χ1v) is 7.30. The van der Waals surface area contributed by atoms with Gasteiger partial charge in [0.15, 0.2) is 4.77 Å². The number of nitrogens with zero attached hydrogens (tertiary/aromatic N) is 2. The van der Waals surface area contributed by atoms with Gasteiger partial charge in [0.25, 0.3) is 5.56 Å². The highest BCUT2D eigenvalue weighted by atomic mass is 32.1. The van der Waals surface area contributed by atoms with Crippen molar-refractivity contribution in [3.05, 3.63) is 45.0 Å². The number of nitrogens with one attached hydrogen (secondary N) is 1. The lowest BCUT2D eigenvalue weighted by Gasteiger charge is -2.12. The summed E-state index contributed by atoms with van der Waals surface area (Å²) in [7, 11) is 0. The van der Waals surface area contributed by atoms with E-state index in [-0.39, 0.29) is 16.2 Å². The Morgan fingerprint density at radius 1 is 1.36 bits per heavy atom. The van der Waals surface area contributed by atoms with Crippen molar-refractivity contribution in [1.29, 1.82) is 0 Å². The highest BCUT2D eigenvalue weighted by Crippen LogP contribution is 2.21. The Kier molecular flexibility index (Phi) is 5.11. The number of hydrogen-bond acceptors (Lipinski definition) is 5. The molecule has 116 valence electrons. The molecule has 7 heteroatoms. The lowest BCUT2D eigenvalue weighted by Crippen LogP contribution is -2.18. The van der Waals surface area contributed by atoms with Crippen LogP contribution >= 0.6 is 12.2 Å². The number of aromatic hydroxyl groups is 1. The normalized spacial score (nSPS) is 11.0. The second kappa shape index (κ2) is 7.04. The van der Waals surface area contributed by atoms with E-state index in [0.717, 1.165) is 5.75 Å². The zero-order valence-corrected chi connectivity index (χ0v) is 13.2. The highest BCUT2D eigenvalue weighted by Gasteiger charge is 2.12. The van der Waals surface area contributed by atoms with Crippen LogP contribution in [0.4, 0.5) is 0 Å². The number of benzene rings is 1. The molecule has 1 heterocycles. The minimum Gasteiger partial charge on any atom is -0.494 e. The minimum absolute atomic E-state index is 0.0735. The lowest BCUT2D eigenvalue weighted by molar-refractivity contribution is 0.340. The molecule has 0 aliphatic heterocycles. The van der Waals surface area contributed by atoms with Gasteiger partial charge in [-0.2, -0.15) is 0 Å². The first kappa shape index (κ1) is 16.0. The van der Waals surface area contributed by atoms with Crippen molar-refractivity contribution in [2.45, 2.75) is 13.8 Å². The SMILES string of the molecule is CCN=Cc1c(O)n(-c2ccc(OCC)cc2)c(=S)[nH]c1=O. The van der Waals surface area contributed by atoms with Crippen LogP contribution in [-0.2, 0) is 0 Å². The molecule has 2 N–H and O–H groups in total. The molecule has 0 saturated carbocycles. The molecule has 0 aliphatic rings. The van der Waals surface area contributed by atoms with Crippen LogP contribution < -0.4 is 10.3 Å². The van der Waals surface area contributed by atoms with E-state index in [9.17, 15) is 9.90 Å². The third kappa shape index (κ3) is 3.25. The molecule has 1 aromatic heterocycles. The Balaban J connectivity index is 2.57. The van der Waals surface area contributed by atoms with E-state index in [4.69, 9.17) is 17.0 Å². The molecule has 0 aliphatic carbocycles. The molecular formula is C15H17N3O3S. The van der Waals surface area contributed by atoms with Crippen LogP contribution in [0.3, 0.4) is 0 Å². The van der Waals surface area contributed by atoms with E-state index in [1.807, 2.05) is 13.8 Å². The van der Waals surface area contributed by atoms with Crippen molar-refractivity contribution in [3.8, 4) is 17.3 Å². The molecule has 0 atom stereocenters. The van der Waals surface area contributed by atoms with E-state index >= 15 is 0 Å². The average molecular weight is 319 g/mol. The van der Waals surface area contributed by atoms with E-state index in [0.29, 0.717) is 18.8 Å². The van der Waals surface area contributed by atoms with E-state index in [2.05, 4.69) is 9.98 Å². The van der Waals surface area contributed by atoms with E-state index in [1.165, 1.54) is 10.8 Å². The molecule has 0 unspecified atom stereocenters. The number of aliphatic imine (C=N–C) groups is 1. The summed E-state index contributed by atoms with van der Waals surface area (Å²) in [4.78, 5) is 18.4. The molecule has 6 nitrogen and oxygen atoms in total. The maximum Gasteiger partial charge on any atom is 0.264 e. The minimum atomic E-state index is -0.470. The maximum atomic E-state index is 11.9. The summed E-state index contributed by atoms with van der Waals surface area (Å²) in [5, 5.41) is 10.4. The molecule has 0 amide bonds. The summed E-state index contributed by atoms with van der Waals surface area (Å²) >= 11 is 5.14. The Labute approximate surface area is 132 Å². The first-order valence-electron chi connectivity index (χ1n) is 6.89. The van der Waals surface area contributed by atoms with Crippen LogP contribution in [0.15, 0.2) is 34.1 Å². The van der Waals surface area contributed by atoms with Gasteiger partial charge < -0.3 is 9.84 Å². The number of rotatable bonds is 5. The summed E-state index contributed by atoms with van der Waals surface area (Å²) in [5.74, 6) is 0.476. The molecule has 0 spiro atoms. The van der Waals surface area contributed by atoms with Gasteiger partial charge in [-0.3, -0.25) is 19.3 Å². The number of aromatic amines is 1. The Bertz CT molecular complexity index is 791. The van der Waals surface area contributed by atoms with Gasteiger partial charge in [0.2, 0.25) is 5.88 Å². The predicted molar refractivity (Wildman–Crippen MR) is 88.2 cm³/mol. The monoisotopic (exact) mass is 319 g/mol. The molecule has 0 saturated heterocycles. The summed E-state index contributed by atoms with van der Waals surface area (Å²) in [6, 6.07) is 7.04. The first-order chi connectivity index (χ1) is 10.6. The molecule has 0 radical (unpaired) electrons. The fourth-order valence-electron chi connectivity index (χ4n) is 1.94. The Morgan fingerprint density at radius 2 is 2.05 bits per heavy atom. The fraction of sp³-hybridized carbons (Fsp3) is 0.267. The summed E-state index contributed by atoms with van der Waals surface area (Å²) in [6.45, 7) is 4.82. The number of aromatic nitrogens is 2. The number of hydrogen-bond donors (Lipinski definition) is 2. The second-order valence-electron chi connectivity index (χ2n) is 4.39. The Hall–Kier alpha value is -2.41. The summed E-state index contributed by atoms with van der Waals surface area (Å²) < 4.78 is 6.87. The maximum absolute atomic E-state index is 11.9. The largest absolute Gasteiger partial charge is 0.494 e. The van der Waals surface area contributed by atoms with Crippen molar-refractivity contribution in [3.63, 3.8) is 0 Å². The van der Waals surface area contributed by atoms with Crippen molar-refractivity contribution in [2.24, 2.45) is 4.99 Å². The number of ether oxygens (including phenoxy) is 1. The number of H-pyrrole nitrogens is 1. The smallest absolute Gasteiger partial charge is 0.264 e. The van der Waals surface area contributed by atoms with Crippen molar-refractivity contribution < 1.29 is 9.84 Å². The third-order valence-electron chi connectivity index (χ3n) is 2.93. The quantitative estimate of drug-likeness (QED) is 0.655. The van der Waals surface area contributed by atoms with E-state index < -0.39 is 5.56 Å². The predicted octanol–water partition coefficient (Wildman–Crippen LogP) is 2.44. The summed E-state index contributed by atoms with van der Waals surface area (Å²) in [6.07, 6.45) is 1.34. The van der Waals surface area contributed by atoms with Crippen LogP contribution in [0.2, 0.25) is 0 Å². The molecule has 22 heavy (non-hydrogen) atoms. The average Bonchev–Trinajstić information content (AvgIpc) is 2.49. The van der Waals surface area contributed by atoms with Crippen LogP contribution in [0.25, 0.3) is 5.69 Å². The topological polar surface area (TPSA) is 79.6 Å². The van der Waals surface area contributed by atoms with Gasteiger partial charge in [0.05, 0.1) is 12.3 Å². The van der Waals surface area contributed by atoms with Crippen molar-refractivity contribution in [1.82, 2.24) is 9.55 Å². The standard InChI is InChI=1S/C15H17N3O3S/c1-3-16-9-12-13(19)17-15(22)18(14(12)20)10-5-7-11(8-6-10)21-4-2/h5-9,20H,3-4H2,1-2H3,(H,17,19,22). The zero-order valence-electron chi connectivity index (χ0n) is 12.4. The van der Waals surface area contributed by atoms with Crippen LogP contribution in [0.5, 0.6) is 11.6 Å². The van der Waals surface area contributed by atoms with Crippen LogP contribution in [-0.4, -0.2) is 34.0 Å². The van der Waals surface area contributed by atoms with Gasteiger partial charge in [-0.15, -0.1) is 0 Å². The fourth-order valence-corrected chi connectivity index (χ4v) is 2.22. The van der Waals surface area contributed by atoms with Gasteiger partial charge in [-0.1, -0.05) is 0 Å². The van der Waals surface area contributed by atoms with Gasteiger partial charge >= 0.3 is 0 Å². The molecular weight excluding hydrogens is 302 g/mol. The molecule has 1 aromatic carbocycles. The van der Waals surface area contributed by atoms with Gasteiger partial charge in [-0.05, 0) is 50.3 Å². The lowest BCUT2D eigenvalue weighted by atomic mass is 10.2. The third-order valence-corrected chi connectivity index (χ3v) is 3.21. The van der Waals surface area contributed by atoms with Crippen LogP contribution in [0.1, 0.15) is 19.4 Å². The molecule has 0 bridgehead atoms. The molecule has 0 fully saturated rings. The van der Waals surface area contributed by atoms with Gasteiger partial charge in [0.1, 0.15) is 11.3 Å². The second-order valence-corrected chi connectivity index (χ2v) is 4.77. The summed E-state index contributed by atoms with van der Waals surface area (Å²) in [5.41, 5.74) is 0.222. The van der Waals surface area contributed by atoms with Crippen molar-refractivity contribution >= 4 is 18.4 Å². The molecule has 2 rings (SSSR count). The van der Waals surface area contributed by atoms with Gasteiger partial charge in [-0.25, -0.2) is 0 Å². The van der Waals surface area contributed by atoms with E-state index in [1.54, 1.807) is 24.3 Å². The zero-order chi connectivity index (χ0) is 16.1. The van der Waals surface area contributed by atoms with Gasteiger partial charge in [0, 0.05) is 12.8 Å². The van der Waals surface area contributed by atoms with Crippen molar-refractivity contribution in [2.75, 3.05) is 13.2 Å². The van der Waals surface area contributed by atoms with Crippen LogP contribution in [0, 0.1) is 4.77 Å². The highest BCUT2D eigenvalue weighted by molar-refractivity contribution is 7.71. The molecule has 2 aromatic rings. The Morgan fingerprint density at radius 3 is 2.64 bits per heavy atom.